The van der Waals surface area contributed by atoms with Crippen molar-refractivity contribution >= 4 is 11.0 Å². The lowest BCUT2D eigenvalue weighted by atomic mass is 10.1. The Kier molecular flexibility index (Phi) is 4.51. The molecule has 0 radical (unpaired) electrons. The predicted octanol–water partition coefficient (Wildman–Crippen LogP) is 3.54. The topological polar surface area (TPSA) is 57.9 Å². The molecule has 5 heteroatoms. The van der Waals surface area contributed by atoms with Gasteiger partial charge in [0.15, 0.2) is 0 Å². The molecule has 2 heterocycles. The van der Waals surface area contributed by atoms with Gasteiger partial charge in [0.25, 0.3) is 0 Å². The van der Waals surface area contributed by atoms with E-state index in [2.05, 4.69) is 34.1 Å². The number of aromatic nitrogens is 2. The van der Waals surface area contributed by atoms with Gasteiger partial charge >= 0.3 is 0 Å². The molecule has 4 nitrogen and oxygen atoms in total. The fraction of sp³-hybridized carbons (Fsp3) is 0.350. The van der Waals surface area contributed by atoms with Crippen LogP contribution in [0.2, 0.25) is 0 Å². The predicted molar refractivity (Wildman–Crippen MR) is 97.6 cm³/mol. The lowest BCUT2D eigenvalue weighted by molar-refractivity contribution is 0.241. The van der Waals surface area contributed by atoms with Crippen molar-refractivity contribution in [3.8, 4) is 0 Å². The van der Waals surface area contributed by atoms with Gasteiger partial charge in [-0.3, -0.25) is 4.90 Å². The number of nitrogens with zero attached hydrogens (tertiary/aromatic N) is 2. The fourth-order valence-electron chi connectivity index (χ4n) is 3.77. The molecule has 0 bridgehead atoms. The molecule has 4 rings (SSSR count). The third-order valence-electron chi connectivity index (χ3n) is 4.95. The van der Waals surface area contributed by atoms with Gasteiger partial charge in [0, 0.05) is 6.54 Å². The monoisotopic (exact) mass is 338 g/mol. The van der Waals surface area contributed by atoms with E-state index in [0.29, 0.717) is 6.54 Å². The van der Waals surface area contributed by atoms with Gasteiger partial charge in [-0.1, -0.05) is 24.3 Å². The molecule has 0 saturated carbocycles. The van der Waals surface area contributed by atoms with E-state index in [1.807, 2.05) is 0 Å². The summed E-state index contributed by atoms with van der Waals surface area (Å²) in [5.74, 6) is 0.707. The molecule has 0 aliphatic carbocycles. The average Bonchev–Trinajstić information content (AvgIpc) is 3.21. The molecular formula is C20H23FN4. The average molecular weight is 338 g/mol. The number of nitrogens with one attached hydrogen (secondary N) is 1. The van der Waals surface area contributed by atoms with E-state index in [1.54, 1.807) is 6.07 Å². The number of aromatic amines is 1. The van der Waals surface area contributed by atoms with Crippen molar-refractivity contribution in [3.63, 3.8) is 0 Å². The maximum atomic E-state index is 13.4. The van der Waals surface area contributed by atoms with Crippen LogP contribution in [0.1, 0.15) is 35.8 Å². The van der Waals surface area contributed by atoms with Gasteiger partial charge < -0.3 is 10.7 Å². The number of hydrogen-bond donors (Lipinski definition) is 2. The van der Waals surface area contributed by atoms with Crippen molar-refractivity contribution in [3.05, 3.63) is 65.2 Å². The van der Waals surface area contributed by atoms with E-state index in [-0.39, 0.29) is 11.9 Å². The van der Waals surface area contributed by atoms with Crippen LogP contribution in [-0.4, -0.2) is 28.0 Å². The van der Waals surface area contributed by atoms with Gasteiger partial charge in [-0.15, -0.1) is 0 Å². The quantitative estimate of drug-likeness (QED) is 0.748. The van der Waals surface area contributed by atoms with Crippen LogP contribution >= 0.6 is 0 Å². The Hall–Kier alpha value is -2.24. The Balaban J connectivity index is 1.56. The molecule has 1 aliphatic heterocycles. The highest BCUT2D eigenvalue weighted by atomic mass is 19.1. The smallest absolute Gasteiger partial charge is 0.125 e. The highest BCUT2D eigenvalue weighted by Gasteiger charge is 2.28. The van der Waals surface area contributed by atoms with Crippen molar-refractivity contribution in [2.75, 3.05) is 13.1 Å². The second-order valence-corrected chi connectivity index (χ2v) is 6.77. The second-order valence-electron chi connectivity index (χ2n) is 6.77. The maximum Gasteiger partial charge on any atom is 0.125 e. The minimum absolute atomic E-state index is 0.234. The van der Waals surface area contributed by atoms with Crippen LogP contribution < -0.4 is 5.73 Å². The Morgan fingerprint density at radius 2 is 2.08 bits per heavy atom. The summed E-state index contributed by atoms with van der Waals surface area (Å²) < 4.78 is 13.4. The molecule has 1 aliphatic rings. The van der Waals surface area contributed by atoms with E-state index >= 15 is 0 Å². The SMILES string of the molecule is NCCc1cccc(CN2CCCC2c2nc3ccc(F)cc3[nH]2)c1. The summed E-state index contributed by atoms with van der Waals surface area (Å²) in [7, 11) is 0. The first-order chi connectivity index (χ1) is 12.2. The Labute approximate surface area is 146 Å². The number of rotatable bonds is 5. The van der Waals surface area contributed by atoms with Crippen molar-refractivity contribution in [2.24, 2.45) is 5.73 Å². The molecule has 1 aromatic heterocycles. The van der Waals surface area contributed by atoms with E-state index in [1.165, 1.54) is 23.3 Å². The summed E-state index contributed by atoms with van der Waals surface area (Å²) in [6, 6.07) is 13.6. The fourth-order valence-corrected chi connectivity index (χ4v) is 3.77. The molecule has 1 saturated heterocycles. The Morgan fingerprint density at radius 3 is 2.96 bits per heavy atom. The van der Waals surface area contributed by atoms with Gasteiger partial charge in [0.2, 0.25) is 0 Å². The molecule has 25 heavy (non-hydrogen) atoms. The minimum Gasteiger partial charge on any atom is -0.341 e. The molecule has 1 fully saturated rings. The zero-order valence-corrected chi connectivity index (χ0v) is 14.2. The molecule has 130 valence electrons. The molecule has 0 amide bonds. The zero-order chi connectivity index (χ0) is 17.2. The van der Waals surface area contributed by atoms with E-state index in [0.717, 1.165) is 49.2 Å². The van der Waals surface area contributed by atoms with Crippen molar-refractivity contribution in [1.29, 1.82) is 0 Å². The largest absolute Gasteiger partial charge is 0.341 e. The summed E-state index contributed by atoms with van der Waals surface area (Å²) in [5, 5.41) is 0. The lowest BCUT2D eigenvalue weighted by Gasteiger charge is -2.23. The summed E-state index contributed by atoms with van der Waals surface area (Å²) in [6.07, 6.45) is 3.13. The van der Waals surface area contributed by atoms with Crippen LogP contribution in [0, 0.1) is 5.82 Å². The highest BCUT2D eigenvalue weighted by molar-refractivity contribution is 5.75. The van der Waals surface area contributed by atoms with Crippen molar-refractivity contribution in [2.45, 2.75) is 31.8 Å². The number of nitrogens with two attached hydrogens (primary N) is 1. The number of imidazole rings is 1. The normalized spacial score (nSPS) is 18.2. The highest BCUT2D eigenvalue weighted by Crippen LogP contribution is 2.32. The van der Waals surface area contributed by atoms with Crippen LogP contribution in [0.25, 0.3) is 11.0 Å². The first-order valence-corrected chi connectivity index (χ1v) is 8.90. The second kappa shape index (κ2) is 6.94. The summed E-state index contributed by atoms with van der Waals surface area (Å²) in [5.41, 5.74) is 9.86. The van der Waals surface area contributed by atoms with E-state index < -0.39 is 0 Å². The van der Waals surface area contributed by atoms with E-state index in [4.69, 9.17) is 10.7 Å². The van der Waals surface area contributed by atoms with Gasteiger partial charge in [0.05, 0.1) is 17.1 Å². The minimum atomic E-state index is -0.234. The number of benzene rings is 2. The molecule has 1 atom stereocenters. The van der Waals surface area contributed by atoms with E-state index in [9.17, 15) is 4.39 Å². The van der Waals surface area contributed by atoms with Crippen LogP contribution in [0.3, 0.4) is 0 Å². The first-order valence-electron chi connectivity index (χ1n) is 8.90. The third kappa shape index (κ3) is 3.43. The number of hydrogen-bond acceptors (Lipinski definition) is 3. The summed E-state index contributed by atoms with van der Waals surface area (Å²) in [6.45, 7) is 2.62. The van der Waals surface area contributed by atoms with Gasteiger partial charge in [-0.25, -0.2) is 9.37 Å². The van der Waals surface area contributed by atoms with Crippen LogP contribution in [0.4, 0.5) is 4.39 Å². The lowest BCUT2D eigenvalue weighted by Crippen LogP contribution is -2.23. The van der Waals surface area contributed by atoms with Gasteiger partial charge in [-0.2, -0.15) is 0 Å². The summed E-state index contributed by atoms with van der Waals surface area (Å²) >= 11 is 0. The summed E-state index contributed by atoms with van der Waals surface area (Å²) in [4.78, 5) is 10.5. The molecule has 3 aromatic rings. The maximum absolute atomic E-state index is 13.4. The first kappa shape index (κ1) is 16.2. The van der Waals surface area contributed by atoms with Crippen molar-refractivity contribution in [1.82, 2.24) is 14.9 Å². The third-order valence-corrected chi connectivity index (χ3v) is 4.95. The molecule has 2 aromatic carbocycles. The van der Waals surface area contributed by atoms with Crippen LogP contribution in [0.5, 0.6) is 0 Å². The van der Waals surface area contributed by atoms with Crippen LogP contribution in [0.15, 0.2) is 42.5 Å². The molecular weight excluding hydrogens is 315 g/mol. The Bertz CT molecular complexity index is 873. The number of likely N-dealkylation sites (tertiary alicyclic amines) is 1. The standard InChI is InChI=1S/C20H23FN4/c21-16-6-7-17-18(12-16)24-20(23-17)19-5-2-10-25(19)13-15-4-1-3-14(11-15)8-9-22/h1,3-4,6-7,11-12,19H,2,5,8-10,13,22H2,(H,23,24). The molecule has 1 unspecified atom stereocenters. The van der Waals surface area contributed by atoms with Crippen LogP contribution in [-0.2, 0) is 13.0 Å². The van der Waals surface area contributed by atoms with Crippen molar-refractivity contribution < 1.29 is 4.39 Å². The zero-order valence-electron chi connectivity index (χ0n) is 14.2. The van der Waals surface area contributed by atoms with Gasteiger partial charge in [0.1, 0.15) is 11.6 Å². The molecule has 3 N–H and O–H groups in total. The number of fused-ring (bicyclic) bond motifs is 1. The Morgan fingerprint density at radius 1 is 1.20 bits per heavy atom. The molecule has 0 spiro atoms. The van der Waals surface area contributed by atoms with Gasteiger partial charge in [-0.05, 0) is 61.7 Å². The number of H-pyrrole nitrogens is 1. The number of halogens is 1.